The lowest BCUT2D eigenvalue weighted by Gasteiger charge is -2.23. The van der Waals surface area contributed by atoms with Crippen LogP contribution in [0.25, 0.3) is 0 Å². The van der Waals surface area contributed by atoms with Gasteiger partial charge in [-0.15, -0.1) is 0 Å². The van der Waals surface area contributed by atoms with Crippen LogP contribution in [0.15, 0.2) is 17.2 Å². The number of nitrogens with zero attached hydrogens (tertiary/aromatic N) is 1. The molecule has 2 rings (SSSR count). The highest BCUT2D eigenvalue weighted by molar-refractivity contribution is 5.31. The second-order valence-electron chi connectivity index (χ2n) is 3.82. The van der Waals surface area contributed by atoms with E-state index in [1.165, 1.54) is 31.7 Å². The molecule has 1 atom stereocenters. The molecule has 5 nitrogen and oxygen atoms in total. The number of hydrogen-bond acceptors (Lipinski definition) is 4. The lowest BCUT2D eigenvalue weighted by molar-refractivity contribution is 0.414. The van der Waals surface area contributed by atoms with Gasteiger partial charge in [0.25, 0.3) is 5.56 Å². The van der Waals surface area contributed by atoms with Crippen LogP contribution in [0.1, 0.15) is 19.3 Å². The lowest BCUT2D eigenvalue weighted by atomic mass is 10.1. The molecule has 1 aromatic rings. The monoisotopic (exact) mass is 208 g/mol. The fourth-order valence-electron chi connectivity index (χ4n) is 1.79. The van der Waals surface area contributed by atoms with Crippen molar-refractivity contribution in [3.63, 3.8) is 0 Å². The van der Waals surface area contributed by atoms with Crippen molar-refractivity contribution in [2.24, 2.45) is 0 Å². The molecule has 2 heterocycles. The molecule has 0 aromatic carbocycles. The maximum atomic E-state index is 11.0. The molecule has 82 valence electrons. The van der Waals surface area contributed by atoms with Gasteiger partial charge in [0.1, 0.15) is 5.82 Å². The molecule has 1 aromatic heterocycles. The highest BCUT2D eigenvalue weighted by atomic mass is 16.1. The Bertz CT molecular complexity index is 356. The van der Waals surface area contributed by atoms with Crippen molar-refractivity contribution in [2.45, 2.75) is 25.3 Å². The zero-order chi connectivity index (χ0) is 10.5. The van der Waals surface area contributed by atoms with Crippen molar-refractivity contribution < 1.29 is 0 Å². The Balaban J connectivity index is 1.84. The summed E-state index contributed by atoms with van der Waals surface area (Å²) in [7, 11) is 0. The van der Waals surface area contributed by atoms with Gasteiger partial charge in [0, 0.05) is 18.7 Å². The highest BCUT2D eigenvalue weighted by Gasteiger charge is 2.11. The SMILES string of the molecule is O=c1cc(NCC2CCCCN2)nc[nH]1. The Hall–Kier alpha value is -1.36. The van der Waals surface area contributed by atoms with Crippen LogP contribution in [0.4, 0.5) is 5.82 Å². The standard InChI is InChI=1S/C10H16N4O/c15-10-5-9(13-7-14-10)12-6-8-3-1-2-4-11-8/h5,7-8,11H,1-4,6H2,(H2,12,13,14,15). The van der Waals surface area contributed by atoms with Gasteiger partial charge in [-0.05, 0) is 19.4 Å². The van der Waals surface area contributed by atoms with Crippen LogP contribution < -0.4 is 16.2 Å². The Kier molecular flexibility index (Phi) is 3.34. The largest absolute Gasteiger partial charge is 0.368 e. The molecule has 1 fully saturated rings. The molecular formula is C10H16N4O. The van der Waals surface area contributed by atoms with Crippen molar-refractivity contribution in [1.82, 2.24) is 15.3 Å². The van der Waals surface area contributed by atoms with Crippen molar-refractivity contribution in [1.29, 1.82) is 0 Å². The average molecular weight is 208 g/mol. The van der Waals surface area contributed by atoms with E-state index < -0.39 is 0 Å². The van der Waals surface area contributed by atoms with Crippen LogP contribution in [-0.2, 0) is 0 Å². The Morgan fingerprint density at radius 3 is 3.20 bits per heavy atom. The molecule has 15 heavy (non-hydrogen) atoms. The van der Waals surface area contributed by atoms with Crippen LogP contribution in [0.5, 0.6) is 0 Å². The first-order chi connectivity index (χ1) is 7.34. The number of aromatic nitrogens is 2. The zero-order valence-corrected chi connectivity index (χ0v) is 8.62. The third-order valence-electron chi connectivity index (χ3n) is 2.62. The van der Waals surface area contributed by atoms with E-state index in [9.17, 15) is 4.79 Å². The van der Waals surface area contributed by atoms with Crippen molar-refractivity contribution in [3.05, 3.63) is 22.7 Å². The second kappa shape index (κ2) is 4.93. The molecule has 0 spiro atoms. The predicted octanol–water partition coefficient (Wildman–Crippen LogP) is 0.324. The summed E-state index contributed by atoms with van der Waals surface area (Å²) in [5.74, 6) is 0.645. The summed E-state index contributed by atoms with van der Waals surface area (Å²) >= 11 is 0. The summed E-state index contributed by atoms with van der Waals surface area (Å²) in [4.78, 5) is 17.5. The molecule has 0 aliphatic carbocycles. The number of nitrogens with one attached hydrogen (secondary N) is 3. The van der Waals surface area contributed by atoms with E-state index in [1.807, 2.05) is 0 Å². The van der Waals surface area contributed by atoms with Gasteiger partial charge in [-0.3, -0.25) is 4.79 Å². The minimum Gasteiger partial charge on any atom is -0.368 e. The van der Waals surface area contributed by atoms with Gasteiger partial charge in [-0.25, -0.2) is 4.98 Å². The molecule has 5 heteroatoms. The van der Waals surface area contributed by atoms with E-state index in [-0.39, 0.29) is 5.56 Å². The molecule has 0 radical (unpaired) electrons. The van der Waals surface area contributed by atoms with Crippen molar-refractivity contribution >= 4 is 5.82 Å². The van der Waals surface area contributed by atoms with E-state index in [2.05, 4.69) is 20.6 Å². The van der Waals surface area contributed by atoms with Crippen LogP contribution in [0, 0.1) is 0 Å². The Morgan fingerprint density at radius 2 is 2.47 bits per heavy atom. The molecule has 1 saturated heterocycles. The molecule has 0 saturated carbocycles. The number of H-pyrrole nitrogens is 1. The predicted molar refractivity (Wildman–Crippen MR) is 59.0 cm³/mol. The Labute approximate surface area is 88.3 Å². The lowest BCUT2D eigenvalue weighted by Crippen LogP contribution is -2.39. The van der Waals surface area contributed by atoms with Gasteiger partial charge < -0.3 is 15.6 Å². The van der Waals surface area contributed by atoms with Gasteiger partial charge in [0.15, 0.2) is 0 Å². The quantitative estimate of drug-likeness (QED) is 0.669. The van der Waals surface area contributed by atoms with Gasteiger partial charge in [-0.2, -0.15) is 0 Å². The number of piperidine rings is 1. The number of aromatic amines is 1. The molecular weight excluding hydrogens is 192 g/mol. The molecule has 0 bridgehead atoms. The second-order valence-corrected chi connectivity index (χ2v) is 3.82. The van der Waals surface area contributed by atoms with Crippen LogP contribution in [-0.4, -0.2) is 29.1 Å². The highest BCUT2D eigenvalue weighted by Crippen LogP contribution is 2.07. The van der Waals surface area contributed by atoms with Gasteiger partial charge in [0.05, 0.1) is 6.33 Å². The third kappa shape index (κ3) is 3.06. The molecule has 1 unspecified atom stereocenters. The summed E-state index contributed by atoms with van der Waals surface area (Å²) in [6.07, 6.45) is 5.15. The normalized spacial score (nSPS) is 21.2. The molecule has 1 aliphatic heterocycles. The number of hydrogen-bond donors (Lipinski definition) is 3. The minimum absolute atomic E-state index is 0.121. The van der Waals surface area contributed by atoms with E-state index in [1.54, 1.807) is 0 Å². The van der Waals surface area contributed by atoms with Crippen LogP contribution >= 0.6 is 0 Å². The third-order valence-corrected chi connectivity index (χ3v) is 2.62. The topological polar surface area (TPSA) is 69.8 Å². The summed E-state index contributed by atoms with van der Waals surface area (Å²) in [6.45, 7) is 1.92. The summed E-state index contributed by atoms with van der Waals surface area (Å²) in [5, 5.41) is 6.59. The maximum Gasteiger partial charge on any atom is 0.252 e. The van der Waals surface area contributed by atoms with E-state index in [4.69, 9.17) is 0 Å². The first kappa shape index (κ1) is 10.2. The number of anilines is 1. The van der Waals surface area contributed by atoms with Gasteiger partial charge >= 0.3 is 0 Å². The minimum atomic E-state index is -0.121. The molecule has 3 N–H and O–H groups in total. The fraction of sp³-hybridized carbons (Fsp3) is 0.600. The summed E-state index contributed by atoms with van der Waals surface area (Å²) in [6, 6.07) is 1.97. The molecule has 1 aliphatic rings. The van der Waals surface area contributed by atoms with E-state index >= 15 is 0 Å². The van der Waals surface area contributed by atoms with Gasteiger partial charge in [-0.1, -0.05) is 6.42 Å². The smallest absolute Gasteiger partial charge is 0.252 e. The van der Waals surface area contributed by atoms with Crippen molar-refractivity contribution in [3.8, 4) is 0 Å². The molecule has 0 amide bonds. The summed E-state index contributed by atoms with van der Waals surface area (Å²) < 4.78 is 0. The fourth-order valence-corrected chi connectivity index (χ4v) is 1.79. The maximum absolute atomic E-state index is 11.0. The van der Waals surface area contributed by atoms with Crippen LogP contribution in [0.2, 0.25) is 0 Å². The van der Waals surface area contributed by atoms with Crippen molar-refractivity contribution in [2.75, 3.05) is 18.4 Å². The van der Waals surface area contributed by atoms with E-state index in [0.29, 0.717) is 11.9 Å². The van der Waals surface area contributed by atoms with Gasteiger partial charge in [0.2, 0.25) is 0 Å². The first-order valence-electron chi connectivity index (χ1n) is 5.36. The summed E-state index contributed by atoms with van der Waals surface area (Å²) in [5.41, 5.74) is -0.121. The zero-order valence-electron chi connectivity index (χ0n) is 8.62. The van der Waals surface area contributed by atoms with Crippen LogP contribution in [0.3, 0.4) is 0 Å². The Morgan fingerprint density at radius 1 is 1.53 bits per heavy atom. The number of rotatable bonds is 3. The van der Waals surface area contributed by atoms with E-state index in [0.717, 1.165) is 13.1 Å². The first-order valence-corrected chi connectivity index (χ1v) is 5.36. The average Bonchev–Trinajstić information content (AvgIpc) is 2.28.